The largest absolute Gasteiger partial charge is 0.316 e. The highest BCUT2D eigenvalue weighted by molar-refractivity contribution is 7.89. The Morgan fingerprint density at radius 1 is 1.30 bits per heavy atom. The summed E-state index contributed by atoms with van der Waals surface area (Å²) in [5.41, 5.74) is 1.54. The van der Waals surface area contributed by atoms with Crippen molar-refractivity contribution in [3.05, 3.63) is 23.8 Å². The van der Waals surface area contributed by atoms with Gasteiger partial charge in [0.15, 0.2) is 0 Å². The molecule has 0 spiro atoms. The van der Waals surface area contributed by atoms with Crippen LogP contribution in [0.15, 0.2) is 23.1 Å². The molecule has 1 aromatic rings. The van der Waals surface area contributed by atoms with Crippen molar-refractivity contribution < 1.29 is 13.2 Å². The van der Waals surface area contributed by atoms with Crippen LogP contribution < -0.4 is 14.9 Å². The first-order chi connectivity index (χ1) is 9.45. The molecule has 6 nitrogen and oxygen atoms in total. The number of carbonyl (C=O) groups is 1. The number of anilines is 1. The zero-order chi connectivity index (χ0) is 14.8. The fourth-order valence-electron chi connectivity index (χ4n) is 2.15. The van der Waals surface area contributed by atoms with Gasteiger partial charge in [0.1, 0.15) is 0 Å². The Morgan fingerprint density at radius 3 is 2.75 bits per heavy atom. The quantitative estimate of drug-likeness (QED) is 0.730. The second-order valence-corrected chi connectivity index (χ2v) is 6.44. The van der Waals surface area contributed by atoms with Crippen molar-refractivity contribution in [1.82, 2.24) is 10.0 Å². The van der Waals surface area contributed by atoms with E-state index in [2.05, 4.69) is 10.0 Å². The van der Waals surface area contributed by atoms with Gasteiger partial charge in [-0.1, -0.05) is 6.92 Å². The van der Waals surface area contributed by atoms with E-state index in [-0.39, 0.29) is 17.2 Å². The number of sulfonamides is 1. The summed E-state index contributed by atoms with van der Waals surface area (Å²) in [6, 6.07) is 4.79. The molecular formula is C13H19N3O3S. The third-order valence-electron chi connectivity index (χ3n) is 3.28. The molecule has 0 saturated carbocycles. The molecule has 0 unspecified atom stereocenters. The van der Waals surface area contributed by atoms with Crippen LogP contribution in [0.2, 0.25) is 0 Å². The normalized spacial score (nSPS) is 14.7. The van der Waals surface area contributed by atoms with E-state index < -0.39 is 10.0 Å². The number of rotatable bonds is 6. The third kappa shape index (κ3) is 3.00. The molecule has 0 aromatic heterocycles. The van der Waals surface area contributed by atoms with Crippen molar-refractivity contribution in [1.29, 1.82) is 0 Å². The maximum Gasteiger partial charge on any atom is 0.240 e. The van der Waals surface area contributed by atoms with E-state index in [4.69, 9.17) is 0 Å². The van der Waals surface area contributed by atoms with Gasteiger partial charge in [-0.3, -0.25) is 4.79 Å². The van der Waals surface area contributed by atoms with Crippen molar-refractivity contribution in [2.45, 2.75) is 18.2 Å². The molecule has 1 heterocycles. The molecule has 1 amide bonds. The highest BCUT2D eigenvalue weighted by atomic mass is 32.2. The summed E-state index contributed by atoms with van der Waals surface area (Å²) in [6.45, 7) is 3.69. The lowest BCUT2D eigenvalue weighted by Crippen LogP contribution is -2.31. The van der Waals surface area contributed by atoms with Gasteiger partial charge in [-0.2, -0.15) is 0 Å². The van der Waals surface area contributed by atoms with Crippen molar-refractivity contribution >= 4 is 21.6 Å². The van der Waals surface area contributed by atoms with Crippen LogP contribution in [0.3, 0.4) is 0 Å². The molecule has 0 saturated heterocycles. The number of carbonyl (C=O) groups excluding carboxylic acids is 1. The topological polar surface area (TPSA) is 78.5 Å². The maximum absolute atomic E-state index is 12.1. The molecule has 0 radical (unpaired) electrons. The molecule has 2 N–H and O–H groups in total. The van der Waals surface area contributed by atoms with E-state index in [0.29, 0.717) is 13.1 Å². The van der Waals surface area contributed by atoms with Gasteiger partial charge >= 0.3 is 0 Å². The highest BCUT2D eigenvalue weighted by Crippen LogP contribution is 2.29. The standard InChI is InChI=1S/C13H19N3O3S/c1-3-14-6-7-15-20(18,19)11-4-5-12-10(8-11)9-13(17)16(12)2/h4-5,8,14-15H,3,6-7,9H2,1-2H3. The van der Waals surface area contributed by atoms with Crippen LogP contribution in [-0.4, -0.2) is 41.0 Å². The SMILES string of the molecule is CCNCCNS(=O)(=O)c1ccc2c(c1)CC(=O)N2C. The Balaban J connectivity index is 2.14. The minimum absolute atomic E-state index is 0.0188. The lowest BCUT2D eigenvalue weighted by molar-refractivity contribution is -0.117. The van der Waals surface area contributed by atoms with Gasteiger partial charge in [-0.25, -0.2) is 13.1 Å². The minimum Gasteiger partial charge on any atom is -0.316 e. The predicted molar refractivity (Wildman–Crippen MR) is 77.3 cm³/mol. The molecule has 0 fully saturated rings. The van der Waals surface area contributed by atoms with Crippen LogP contribution in [0, 0.1) is 0 Å². The zero-order valence-electron chi connectivity index (χ0n) is 11.6. The molecule has 1 aliphatic heterocycles. The van der Waals surface area contributed by atoms with E-state index in [0.717, 1.165) is 17.8 Å². The fourth-order valence-corrected chi connectivity index (χ4v) is 3.23. The van der Waals surface area contributed by atoms with E-state index >= 15 is 0 Å². The summed E-state index contributed by atoms with van der Waals surface area (Å²) < 4.78 is 26.8. The lowest BCUT2D eigenvalue weighted by atomic mass is 10.2. The average molecular weight is 297 g/mol. The van der Waals surface area contributed by atoms with Crippen LogP contribution in [0.5, 0.6) is 0 Å². The number of likely N-dealkylation sites (N-methyl/N-ethyl adjacent to an activating group) is 2. The molecular weight excluding hydrogens is 278 g/mol. The van der Waals surface area contributed by atoms with Crippen LogP contribution in [0.25, 0.3) is 0 Å². The lowest BCUT2D eigenvalue weighted by Gasteiger charge is -2.11. The molecule has 110 valence electrons. The summed E-state index contributed by atoms with van der Waals surface area (Å²) in [4.78, 5) is 13.3. The number of amides is 1. The Bertz CT molecular complexity index is 613. The van der Waals surface area contributed by atoms with Crippen LogP contribution >= 0.6 is 0 Å². The molecule has 0 aliphatic carbocycles. The number of fused-ring (bicyclic) bond motifs is 1. The van der Waals surface area contributed by atoms with Gasteiger partial charge in [0.05, 0.1) is 11.3 Å². The van der Waals surface area contributed by atoms with Crippen molar-refractivity contribution in [3.8, 4) is 0 Å². The van der Waals surface area contributed by atoms with Gasteiger partial charge in [0, 0.05) is 25.8 Å². The monoisotopic (exact) mass is 297 g/mol. The van der Waals surface area contributed by atoms with Gasteiger partial charge in [0.2, 0.25) is 15.9 Å². The van der Waals surface area contributed by atoms with Crippen LogP contribution in [0.4, 0.5) is 5.69 Å². The number of nitrogens with zero attached hydrogens (tertiary/aromatic N) is 1. The predicted octanol–water partition coefficient (Wildman–Crippen LogP) is 0.0933. The van der Waals surface area contributed by atoms with E-state index in [1.54, 1.807) is 24.1 Å². The summed E-state index contributed by atoms with van der Waals surface area (Å²) in [7, 11) is -1.83. The second kappa shape index (κ2) is 5.90. The molecule has 20 heavy (non-hydrogen) atoms. The van der Waals surface area contributed by atoms with Gasteiger partial charge in [-0.15, -0.1) is 0 Å². The Kier molecular flexibility index (Phi) is 4.42. The van der Waals surface area contributed by atoms with Gasteiger partial charge in [0.25, 0.3) is 0 Å². The number of nitrogens with one attached hydrogen (secondary N) is 2. The van der Waals surface area contributed by atoms with Crippen molar-refractivity contribution in [2.75, 3.05) is 31.6 Å². The van der Waals surface area contributed by atoms with Crippen molar-refractivity contribution in [3.63, 3.8) is 0 Å². The first-order valence-corrected chi connectivity index (χ1v) is 8.04. The Labute approximate surface area is 119 Å². The zero-order valence-corrected chi connectivity index (χ0v) is 12.5. The summed E-state index contributed by atoms with van der Waals surface area (Å²) in [5.74, 6) is -0.0188. The fraction of sp³-hybridized carbons (Fsp3) is 0.462. The molecule has 7 heteroatoms. The first-order valence-electron chi connectivity index (χ1n) is 6.55. The number of benzene rings is 1. The number of hydrogen-bond acceptors (Lipinski definition) is 4. The highest BCUT2D eigenvalue weighted by Gasteiger charge is 2.25. The smallest absolute Gasteiger partial charge is 0.240 e. The summed E-state index contributed by atoms with van der Waals surface area (Å²) in [5, 5.41) is 3.05. The van der Waals surface area contributed by atoms with E-state index in [1.807, 2.05) is 6.92 Å². The Morgan fingerprint density at radius 2 is 2.05 bits per heavy atom. The van der Waals surface area contributed by atoms with Crippen LogP contribution in [-0.2, 0) is 21.2 Å². The van der Waals surface area contributed by atoms with E-state index in [1.165, 1.54) is 6.07 Å². The molecule has 2 rings (SSSR count). The molecule has 0 bridgehead atoms. The summed E-state index contributed by atoms with van der Waals surface area (Å²) >= 11 is 0. The van der Waals surface area contributed by atoms with E-state index in [9.17, 15) is 13.2 Å². The maximum atomic E-state index is 12.1. The Hall–Kier alpha value is -1.44. The summed E-state index contributed by atoms with van der Waals surface area (Å²) in [6.07, 6.45) is 0.257. The first kappa shape index (κ1) is 15.0. The molecule has 0 atom stereocenters. The second-order valence-electron chi connectivity index (χ2n) is 4.67. The van der Waals surface area contributed by atoms with Gasteiger partial charge < -0.3 is 10.2 Å². The molecule has 1 aliphatic rings. The third-order valence-corrected chi connectivity index (χ3v) is 4.74. The minimum atomic E-state index is -3.52. The molecule has 1 aromatic carbocycles. The van der Waals surface area contributed by atoms with Crippen LogP contribution in [0.1, 0.15) is 12.5 Å². The van der Waals surface area contributed by atoms with Crippen molar-refractivity contribution in [2.24, 2.45) is 0 Å². The van der Waals surface area contributed by atoms with Gasteiger partial charge in [-0.05, 0) is 30.3 Å². The average Bonchev–Trinajstić information content (AvgIpc) is 2.70. The number of hydrogen-bond donors (Lipinski definition) is 2.